The number of amidine groups is 1. The van der Waals surface area contributed by atoms with Crippen molar-refractivity contribution >= 4 is 63.3 Å². The average Bonchev–Trinajstić information content (AvgIpc) is 2.82. The van der Waals surface area contributed by atoms with Gasteiger partial charge in [0.05, 0.1) is 5.69 Å². The van der Waals surface area contributed by atoms with Gasteiger partial charge in [0.25, 0.3) is 0 Å². The number of carbonyl (C=O) groups is 2. The van der Waals surface area contributed by atoms with Gasteiger partial charge in [-0.2, -0.15) is 0 Å². The molecule has 174 valence electrons. The van der Waals surface area contributed by atoms with Crippen molar-refractivity contribution in [3.8, 4) is 0 Å². The largest absolute Gasteiger partial charge is 0.325 e. The number of rotatable bonds is 6. The number of hydrogen-bond donors (Lipinski definition) is 1. The Morgan fingerprint density at radius 1 is 1.03 bits per heavy atom. The molecule has 1 saturated heterocycles. The second-order valence-corrected chi connectivity index (χ2v) is 9.61. The fraction of sp³-hybridized carbons (Fsp3) is 0.160. The zero-order chi connectivity index (χ0) is 24.1. The first-order chi connectivity index (χ1) is 16.4. The fourth-order valence-electron chi connectivity index (χ4n) is 3.38. The molecule has 1 unspecified atom stereocenters. The van der Waals surface area contributed by atoms with Crippen LogP contribution in [-0.2, 0) is 16.0 Å². The van der Waals surface area contributed by atoms with Crippen LogP contribution in [0.2, 0.25) is 10.0 Å². The van der Waals surface area contributed by atoms with E-state index in [-0.39, 0.29) is 30.6 Å². The Hall–Kier alpha value is -2.87. The molecule has 1 aliphatic heterocycles. The number of hydrogen-bond acceptors (Lipinski definition) is 4. The van der Waals surface area contributed by atoms with Crippen molar-refractivity contribution in [3.63, 3.8) is 0 Å². The van der Waals surface area contributed by atoms with E-state index in [2.05, 4.69) is 10.3 Å². The van der Waals surface area contributed by atoms with Crippen LogP contribution in [-0.4, -0.2) is 33.7 Å². The number of carbonyl (C=O) groups excluding carboxylic acids is 2. The second-order valence-electron chi connectivity index (χ2n) is 7.56. The van der Waals surface area contributed by atoms with Crippen LogP contribution in [0.3, 0.4) is 0 Å². The SMILES string of the molecule is O=C(Nc1ccc(Cl)cc1)C1CC(=O)N(CCc2ccccc2F)C(=Nc2ccc(Cl)cc2)S1. The Morgan fingerprint density at radius 3 is 2.35 bits per heavy atom. The van der Waals surface area contributed by atoms with Gasteiger partial charge in [0.2, 0.25) is 11.8 Å². The van der Waals surface area contributed by atoms with Crippen LogP contribution in [0.15, 0.2) is 77.8 Å². The Kier molecular flexibility index (Phi) is 7.88. The Morgan fingerprint density at radius 2 is 1.68 bits per heavy atom. The summed E-state index contributed by atoms with van der Waals surface area (Å²) >= 11 is 13.1. The molecule has 1 heterocycles. The number of halogens is 3. The molecule has 0 spiro atoms. The monoisotopic (exact) mass is 515 g/mol. The molecule has 3 aromatic carbocycles. The number of benzene rings is 3. The Labute approximate surface area is 211 Å². The zero-order valence-electron chi connectivity index (χ0n) is 17.9. The summed E-state index contributed by atoms with van der Waals surface area (Å²) in [5.74, 6) is -0.881. The van der Waals surface area contributed by atoms with Crippen LogP contribution in [0.5, 0.6) is 0 Å². The number of amides is 2. The van der Waals surface area contributed by atoms with Crippen LogP contribution in [0, 0.1) is 5.82 Å². The summed E-state index contributed by atoms with van der Waals surface area (Å²) < 4.78 is 14.1. The van der Waals surface area contributed by atoms with Gasteiger partial charge in [0, 0.05) is 28.7 Å². The lowest BCUT2D eigenvalue weighted by Crippen LogP contribution is -2.46. The zero-order valence-corrected chi connectivity index (χ0v) is 20.2. The molecule has 0 radical (unpaired) electrons. The van der Waals surface area contributed by atoms with Gasteiger partial charge in [0.1, 0.15) is 11.1 Å². The van der Waals surface area contributed by atoms with E-state index in [0.29, 0.717) is 38.6 Å². The lowest BCUT2D eigenvalue weighted by Gasteiger charge is -2.32. The molecule has 3 aromatic rings. The normalized spacial score (nSPS) is 17.1. The lowest BCUT2D eigenvalue weighted by molar-refractivity contribution is -0.129. The van der Waals surface area contributed by atoms with E-state index in [1.807, 2.05) is 0 Å². The van der Waals surface area contributed by atoms with Gasteiger partial charge in [-0.3, -0.25) is 14.5 Å². The molecule has 1 fully saturated rings. The number of anilines is 1. The smallest absolute Gasteiger partial charge is 0.238 e. The van der Waals surface area contributed by atoms with Crippen molar-refractivity contribution in [1.82, 2.24) is 4.90 Å². The minimum Gasteiger partial charge on any atom is -0.325 e. The summed E-state index contributed by atoms with van der Waals surface area (Å²) in [5.41, 5.74) is 1.68. The number of aliphatic imine (C=N–C) groups is 1. The maximum Gasteiger partial charge on any atom is 0.238 e. The first-order valence-electron chi connectivity index (χ1n) is 10.5. The van der Waals surface area contributed by atoms with E-state index < -0.39 is 5.25 Å². The van der Waals surface area contributed by atoms with Crippen LogP contribution in [0.1, 0.15) is 12.0 Å². The van der Waals surface area contributed by atoms with E-state index >= 15 is 0 Å². The van der Waals surface area contributed by atoms with Crippen molar-refractivity contribution in [2.75, 3.05) is 11.9 Å². The summed E-state index contributed by atoms with van der Waals surface area (Å²) in [7, 11) is 0. The summed E-state index contributed by atoms with van der Waals surface area (Å²) in [6.45, 7) is 0.241. The van der Waals surface area contributed by atoms with E-state index in [4.69, 9.17) is 23.2 Å². The highest BCUT2D eigenvalue weighted by molar-refractivity contribution is 8.15. The molecular weight excluding hydrogens is 496 g/mol. The topological polar surface area (TPSA) is 61.8 Å². The molecule has 9 heteroatoms. The average molecular weight is 516 g/mol. The van der Waals surface area contributed by atoms with E-state index in [1.165, 1.54) is 22.7 Å². The van der Waals surface area contributed by atoms with E-state index in [9.17, 15) is 14.0 Å². The standard InChI is InChI=1S/C25H20Cl2FN3O2S/c26-17-5-9-19(10-6-17)29-24(33)22-15-23(32)31(14-13-16-3-1-2-4-21(16)28)25(34-22)30-20-11-7-18(27)8-12-20/h1-12,22H,13-15H2,(H,29,33). The highest BCUT2D eigenvalue weighted by Crippen LogP contribution is 2.30. The fourth-order valence-corrected chi connectivity index (χ4v) is 4.75. The third-order valence-corrected chi connectivity index (χ3v) is 6.85. The molecule has 0 saturated carbocycles. The summed E-state index contributed by atoms with van der Waals surface area (Å²) in [5, 5.41) is 3.65. The molecule has 1 N–H and O–H groups in total. The molecule has 1 aliphatic rings. The van der Waals surface area contributed by atoms with Gasteiger partial charge in [-0.1, -0.05) is 53.2 Å². The number of nitrogens with one attached hydrogen (secondary N) is 1. The van der Waals surface area contributed by atoms with Gasteiger partial charge in [0.15, 0.2) is 5.17 Å². The van der Waals surface area contributed by atoms with Gasteiger partial charge >= 0.3 is 0 Å². The number of thioether (sulfide) groups is 1. The van der Waals surface area contributed by atoms with E-state index in [1.54, 1.807) is 66.7 Å². The molecular formula is C25H20Cl2FN3O2S. The summed E-state index contributed by atoms with van der Waals surface area (Å²) in [6.07, 6.45) is 0.321. The minimum absolute atomic E-state index is 0.000991. The molecule has 0 bridgehead atoms. The molecule has 34 heavy (non-hydrogen) atoms. The maximum absolute atomic E-state index is 14.1. The molecule has 0 aliphatic carbocycles. The summed E-state index contributed by atoms with van der Waals surface area (Å²) in [6, 6.07) is 20.1. The van der Waals surface area contributed by atoms with Crippen LogP contribution in [0.4, 0.5) is 15.8 Å². The maximum atomic E-state index is 14.1. The first kappa shape index (κ1) is 24.3. The molecule has 4 rings (SSSR count). The second kappa shape index (κ2) is 11.0. The predicted octanol–water partition coefficient (Wildman–Crippen LogP) is 6.34. The van der Waals surface area contributed by atoms with Gasteiger partial charge < -0.3 is 5.32 Å². The quantitative estimate of drug-likeness (QED) is 0.416. The Bertz CT molecular complexity index is 1220. The molecule has 0 aromatic heterocycles. The van der Waals surface area contributed by atoms with Crippen molar-refractivity contribution in [1.29, 1.82) is 0 Å². The summed E-state index contributed by atoms with van der Waals surface area (Å²) in [4.78, 5) is 32.1. The predicted molar refractivity (Wildman–Crippen MR) is 136 cm³/mol. The molecule has 1 atom stereocenters. The third kappa shape index (κ3) is 6.17. The Balaban J connectivity index is 1.55. The van der Waals surface area contributed by atoms with Crippen molar-refractivity contribution in [3.05, 3.63) is 94.2 Å². The molecule has 2 amide bonds. The molecule has 5 nitrogen and oxygen atoms in total. The van der Waals surface area contributed by atoms with Crippen molar-refractivity contribution in [2.45, 2.75) is 18.1 Å². The van der Waals surface area contributed by atoms with Gasteiger partial charge in [-0.15, -0.1) is 0 Å². The van der Waals surface area contributed by atoms with Gasteiger partial charge in [-0.25, -0.2) is 9.38 Å². The highest BCUT2D eigenvalue weighted by atomic mass is 35.5. The van der Waals surface area contributed by atoms with E-state index in [0.717, 1.165) is 0 Å². The van der Waals surface area contributed by atoms with Crippen molar-refractivity contribution in [2.24, 2.45) is 4.99 Å². The third-order valence-electron chi connectivity index (χ3n) is 5.16. The minimum atomic E-state index is -0.668. The highest BCUT2D eigenvalue weighted by Gasteiger charge is 2.36. The first-order valence-corrected chi connectivity index (χ1v) is 12.1. The lowest BCUT2D eigenvalue weighted by atomic mass is 10.1. The van der Waals surface area contributed by atoms with Crippen LogP contribution in [0.25, 0.3) is 0 Å². The number of nitrogens with zero attached hydrogens (tertiary/aromatic N) is 2. The van der Waals surface area contributed by atoms with Gasteiger partial charge in [-0.05, 0) is 66.6 Å². The van der Waals surface area contributed by atoms with Crippen LogP contribution < -0.4 is 5.32 Å². The van der Waals surface area contributed by atoms with Crippen molar-refractivity contribution < 1.29 is 14.0 Å². The van der Waals surface area contributed by atoms with Crippen LogP contribution >= 0.6 is 35.0 Å².